The molecule has 0 aromatic heterocycles. The molecule has 2 aliphatic rings. The Balaban J connectivity index is 1.78. The SMILES string of the molecule is NC(c1ccc2c(c1)CCC2)C1COCCO1. The highest BCUT2D eigenvalue weighted by molar-refractivity contribution is 5.36. The second kappa shape index (κ2) is 4.77. The van der Waals surface area contributed by atoms with Crippen LogP contribution < -0.4 is 5.73 Å². The first kappa shape index (κ1) is 11.2. The van der Waals surface area contributed by atoms with E-state index in [0.29, 0.717) is 19.8 Å². The van der Waals surface area contributed by atoms with Crippen LogP contribution in [-0.2, 0) is 22.3 Å². The number of benzene rings is 1. The fourth-order valence-corrected chi connectivity index (χ4v) is 2.73. The topological polar surface area (TPSA) is 44.5 Å². The summed E-state index contributed by atoms with van der Waals surface area (Å²) in [6.07, 6.45) is 3.69. The molecule has 1 aromatic carbocycles. The molecule has 1 fully saturated rings. The molecule has 0 bridgehead atoms. The minimum Gasteiger partial charge on any atom is -0.376 e. The van der Waals surface area contributed by atoms with E-state index in [4.69, 9.17) is 15.2 Å². The normalized spacial score (nSPS) is 25.6. The second-order valence-electron chi connectivity index (χ2n) is 4.89. The Bertz CT molecular complexity index is 399. The Labute approximate surface area is 102 Å². The molecule has 0 radical (unpaired) electrons. The van der Waals surface area contributed by atoms with Gasteiger partial charge in [0.2, 0.25) is 0 Å². The van der Waals surface area contributed by atoms with Crippen molar-refractivity contribution in [2.45, 2.75) is 31.4 Å². The summed E-state index contributed by atoms with van der Waals surface area (Å²) in [5.41, 5.74) is 10.4. The molecule has 1 aliphatic heterocycles. The highest BCUT2D eigenvalue weighted by atomic mass is 16.6. The van der Waals surface area contributed by atoms with Crippen LogP contribution in [0.4, 0.5) is 0 Å². The molecule has 0 spiro atoms. The van der Waals surface area contributed by atoms with Crippen molar-refractivity contribution in [1.82, 2.24) is 0 Å². The van der Waals surface area contributed by atoms with Gasteiger partial charge in [0.25, 0.3) is 0 Å². The molecular formula is C14H19NO2. The van der Waals surface area contributed by atoms with Gasteiger partial charge in [0, 0.05) is 0 Å². The number of aryl methyl sites for hydroxylation is 2. The number of hydrogen-bond donors (Lipinski definition) is 1. The Morgan fingerprint density at radius 1 is 1.18 bits per heavy atom. The molecule has 3 nitrogen and oxygen atoms in total. The van der Waals surface area contributed by atoms with Crippen LogP contribution in [0.25, 0.3) is 0 Å². The van der Waals surface area contributed by atoms with Crippen molar-refractivity contribution in [1.29, 1.82) is 0 Å². The molecule has 3 heteroatoms. The van der Waals surface area contributed by atoms with E-state index in [-0.39, 0.29) is 12.1 Å². The van der Waals surface area contributed by atoms with Gasteiger partial charge in [0.05, 0.1) is 25.9 Å². The smallest absolute Gasteiger partial charge is 0.100 e. The molecule has 3 rings (SSSR count). The van der Waals surface area contributed by atoms with Gasteiger partial charge in [-0.1, -0.05) is 18.2 Å². The second-order valence-corrected chi connectivity index (χ2v) is 4.89. The van der Waals surface area contributed by atoms with Gasteiger partial charge in [-0.15, -0.1) is 0 Å². The van der Waals surface area contributed by atoms with Crippen LogP contribution >= 0.6 is 0 Å². The molecule has 1 aromatic rings. The predicted molar refractivity (Wildman–Crippen MR) is 66.0 cm³/mol. The van der Waals surface area contributed by atoms with Crippen LogP contribution in [0, 0.1) is 0 Å². The molecule has 1 heterocycles. The summed E-state index contributed by atoms with van der Waals surface area (Å²) in [6.45, 7) is 1.95. The van der Waals surface area contributed by atoms with Gasteiger partial charge in [0.15, 0.2) is 0 Å². The quantitative estimate of drug-likeness (QED) is 0.843. The molecule has 0 saturated carbocycles. The third kappa shape index (κ3) is 2.23. The van der Waals surface area contributed by atoms with Crippen LogP contribution in [0.3, 0.4) is 0 Å². The van der Waals surface area contributed by atoms with E-state index in [1.54, 1.807) is 0 Å². The summed E-state index contributed by atoms with van der Waals surface area (Å²) >= 11 is 0. The predicted octanol–water partition coefficient (Wildman–Crippen LogP) is 1.59. The zero-order valence-electron chi connectivity index (χ0n) is 10.0. The van der Waals surface area contributed by atoms with E-state index in [2.05, 4.69) is 18.2 Å². The maximum atomic E-state index is 6.26. The summed E-state index contributed by atoms with van der Waals surface area (Å²) in [4.78, 5) is 0. The highest BCUT2D eigenvalue weighted by Gasteiger charge is 2.24. The Morgan fingerprint density at radius 2 is 2.06 bits per heavy atom. The zero-order valence-corrected chi connectivity index (χ0v) is 10.0. The number of ether oxygens (including phenoxy) is 2. The van der Waals surface area contributed by atoms with Crippen LogP contribution in [0.15, 0.2) is 18.2 Å². The van der Waals surface area contributed by atoms with Crippen molar-refractivity contribution < 1.29 is 9.47 Å². The van der Waals surface area contributed by atoms with Gasteiger partial charge < -0.3 is 15.2 Å². The van der Waals surface area contributed by atoms with Gasteiger partial charge in [-0.3, -0.25) is 0 Å². The minimum absolute atomic E-state index is 0.00297. The Morgan fingerprint density at radius 3 is 2.88 bits per heavy atom. The van der Waals surface area contributed by atoms with Gasteiger partial charge in [-0.25, -0.2) is 0 Å². The average Bonchev–Trinajstić information content (AvgIpc) is 2.86. The van der Waals surface area contributed by atoms with Crippen molar-refractivity contribution >= 4 is 0 Å². The largest absolute Gasteiger partial charge is 0.376 e. The summed E-state index contributed by atoms with van der Waals surface area (Å²) in [5, 5.41) is 0. The first-order chi connectivity index (χ1) is 8.34. The van der Waals surface area contributed by atoms with E-state index in [0.717, 1.165) is 0 Å². The minimum atomic E-state index is -0.0683. The number of hydrogen-bond acceptors (Lipinski definition) is 3. The molecule has 0 amide bonds. The third-order valence-corrected chi connectivity index (χ3v) is 3.75. The van der Waals surface area contributed by atoms with Gasteiger partial charge in [-0.05, 0) is 36.0 Å². The number of nitrogens with two attached hydrogens (primary N) is 1. The molecule has 92 valence electrons. The van der Waals surface area contributed by atoms with Crippen molar-refractivity contribution in [3.05, 3.63) is 34.9 Å². The van der Waals surface area contributed by atoms with Crippen molar-refractivity contribution in [2.75, 3.05) is 19.8 Å². The van der Waals surface area contributed by atoms with E-state index < -0.39 is 0 Å². The monoisotopic (exact) mass is 233 g/mol. The molecule has 2 N–H and O–H groups in total. The first-order valence-electron chi connectivity index (χ1n) is 6.41. The van der Waals surface area contributed by atoms with Crippen LogP contribution in [0.5, 0.6) is 0 Å². The molecule has 17 heavy (non-hydrogen) atoms. The van der Waals surface area contributed by atoms with Crippen LogP contribution in [0.1, 0.15) is 29.2 Å². The van der Waals surface area contributed by atoms with E-state index in [9.17, 15) is 0 Å². The lowest BCUT2D eigenvalue weighted by atomic mass is 9.98. The lowest BCUT2D eigenvalue weighted by Gasteiger charge is -2.28. The zero-order chi connectivity index (χ0) is 11.7. The Hall–Kier alpha value is -0.900. The molecule has 2 unspecified atom stereocenters. The van der Waals surface area contributed by atoms with Gasteiger partial charge >= 0.3 is 0 Å². The number of rotatable bonds is 2. The molecular weight excluding hydrogens is 214 g/mol. The van der Waals surface area contributed by atoms with Crippen LogP contribution in [-0.4, -0.2) is 25.9 Å². The summed E-state index contributed by atoms with van der Waals surface area (Å²) < 4.78 is 11.1. The van der Waals surface area contributed by atoms with Crippen LogP contribution in [0.2, 0.25) is 0 Å². The summed E-state index contributed by atoms with van der Waals surface area (Å²) in [5.74, 6) is 0. The van der Waals surface area contributed by atoms with E-state index in [1.807, 2.05) is 0 Å². The van der Waals surface area contributed by atoms with Gasteiger partial charge in [-0.2, -0.15) is 0 Å². The maximum Gasteiger partial charge on any atom is 0.100 e. The molecule has 1 saturated heterocycles. The first-order valence-corrected chi connectivity index (χ1v) is 6.41. The average molecular weight is 233 g/mol. The standard InChI is InChI=1S/C14H19NO2/c15-14(13-9-16-6-7-17-13)12-5-4-10-2-1-3-11(10)8-12/h4-5,8,13-14H,1-3,6-7,9,15H2. The fraction of sp³-hybridized carbons (Fsp3) is 0.571. The summed E-state index contributed by atoms with van der Waals surface area (Å²) in [7, 11) is 0. The van der Waals surface area contributed by atoms with Crippen molar-refractivity contribution in [2.24, 2.45) is 5.73 Å². The van der Waals surface area contributed by atoms with Crippen molar-refractivity contribution in [3.8, 4) is 0 Å². The Kier molecular flexibility index (Phi) is 3.14. The van der Waals surface area contributed by atoms with Crippen molar-refractivity contribution in [3.63, 3.8) is 0 Å². The van der Waals surface area contributed by atoms with E-state index >= 15 is 0 Å². The lowest BCUT2D eigenvalue weighted by molar-refractivity contribution is -0.0975. The maximum absolute atomic E-state index is 6.26. The number of fused-ring (bicyclic) bond motifs is 1. The highest BCUT2D eigenvalue weighted by Crippen LogP contribution is 2.27. The molecule has 2 atom stereocenters. The van der Waals surface area contributed by atoms with Gasteiger partial charge in [0.1, 0.15) is 6.10 Å². The fourth-order valence-electron chi connectivity index (χ4n) is 2.73. The van der Waals surface area contributed by atoms with E-state index in [1.165, 1.54) is 36.0 Å². The summed E-state index contributed by atoms with van der Waals surface area (Å²) in [6, 6.07) is 6.56. The molecule has 1 aliphatic carbocycles. The lowest BCUT2D eigenvalue weighted by Crippen LogP contribution is -2.37. The third-order valence-electron chi connectivity index (χ3n) is 3.75.